The summed E-state index contributed by atoms with van der Waals surface area (Å²) in [6.45, 7) is 8.99. The third-order valence-electron chi connectivity index (χ3n) is 9.75. The summed E-state index contributed by atoms with van der Waals surface area (Å²) in [5.74, 6) is 3.86. The summed E-state index contributed by atoms with van der Waals surface area (Å²) in [7, 11) is 0. The molecule has 4 aliphatic carbocycles. The van der Waals surface area contributed by atoms with E-state index < -0.39 is 5.60 Å². The maximum Gasteiger partial charge on any atom is 0.155 e. The Labute approximate surface area is 172 Å². The molecule has 1 N–H and O–H groups in total. The second-order valence-electron chi connectivity index (χ2n) is 11.8. The van der Waals surface area contributed by atoms with Crippen LogP contribution in [-0.2, 0) is 4.79 Å². The zero-order valence-electron chi connectivity index (χ0n) is 18.7. The standard InChI is InChI=1S/C26H42O2/c1-24(2,28)14-6-5-7-18-9-11-22-21-10-8-19-17-20(27)12-15-26(19,4)23(21)13-16-25(18,22)3/h17-18,21-23,28H,5-16H2,1-4H3. The molecular weight excluding hydrogens is 344 g/mol. The van der Waals surface area contributed by atoms with E-state index in [0.717, 1.165) is 49.4 Å². The number of hydrogen-bond acceptors (Lipinski definition) is 2. The monoisotopic (exact) mass is 386 g/mol. The first kappa shape index (κ1) is 20.6. The lowest BCUT2D eigenvalue weighted by Gasteiger charge is -2.58. The van der Waals surface area contributed by atoms with E-state index in [4.69, 9.17) is 0 Å². The van der Waals surface area contributed by atoms with E-state index in [-0.39, 0.29) is 0 Å². The molecule has 2 nitrogen and oxygen atoms in total. The third kappa shape index (κ3) is 3.53. The van der Waals surface area contributed by atoms with Crippen LogP contribution in [0.3, 0.4) is 0 Å². The molecule has 0 amide bonds. The van der Waals surface area contributed by atoms with E-state index in [1.54, 1.807) is 0 Å². The fourth-order valence-corrected chi connectivity index (χ4v) is 8.09. The van der Waals surface area contributed by atoms with Crippen molar-refractivity contribution < 1.29 is 9.90 Å². The number of rotatable bonds is 5. The average Bonchev–Trinajstić information content (AvgIpc) is 2.95. The molecule has 6 atom stereocenters. The summed E-state index contributed by atoms with van der Waals surface area (Å²) in [6, 6.07) is 0. The predicted molar refractivity (Wildman–Crippen MR) is 115 cm³/mol. The Kier molecular flexibility index (Phi) is 5.35. The lowest BCUT2D eigenvalue weighted by atomic mass is 9.46. The van der Waals surface area contributed by atoms with Gasteiger partial charge in [0.25, 0.3) is 0 Å². The molecule has 4 aliphatic rings. The second kappa shape index (κ2) is 7.25. The van der Waals surface area contributed by atoms with Crippen molar-refractivity contribution in [3.05, 3.63) is 11.6 Å². The highest BCUT2D eigenvalue weighted by atomic mass is 16.3. The molecule has 3 fully saturated rings. The van der Waals surface area contributed by atoms with E-state index in [1.165, 1.54) is 56.9 Å². The number of hydrogen-bond donors (Lipinski definition) is 1. The number of unbranched alkanes of at least 4 members (excludes halogenated alkanes) is 1. The maximum atomic E-state index is 12.0. The van der Waals surface area contributed by atoms with Crippen LogP contribution in [0.2, 0.25) is 0 Å². The molecule has 0 aromatic heterocycles. The molecule has 4 rings (SSSR count). The number of ketones is 1. The van der Waals surface area contributed by atoms with Crippen LogP contribution in [0.15, 0.2) is 11.6 Å². The van der Waals surface area contributed by atoms with Crippen LogP contribution >= 0.6 is 0 Å². The lowest BCUT2D eigenvalue weighted by molar-refractivity contribution is -0.117. The van der Waals surface area contributed by atoms with Crippen LogP contribution in [0.25, 0.3) is 0 Å². The molecule has 0 radical (unpaired) electrons. The number of fused-ring (bicyclic) bond motifs is 5. The molecule has 0 aliphatic heterocycles. The number of aliphatic hydroxyl groups is 1. The fraction of sp³-hybridized carbons (Fsp3) is 0.885. The van der Waals surface area contributed by atoms with E-state index in [9.17, 15) is 9.90 Å². The van der Waals surface area contributed by atoms with Gasteiger partial charge in [-0.2, -0.15) is 0 Å². The Hall–Kier alpha value is -0.630. The Morgan fingerprint density at radius 1 is 1.04 bits per heavy atom. The van der Waals surface area contributed by atoms with Gasteiger partial charge in [0, 0.05) is 6.42 Å². The average molecular weight is 387 g/mol. The van der Waals surface area contributed by atoms with Gasteiger partial charge in [-0.3, -0.25) is 4.79 Å². The molecule has 0 aromatic carbocycles. The summed E-state index contributed by atoms with van der Waals surface area (Å²) in [5, 5.41) is 9.99. The molecule has 0 aromatic rings. The largest absolute Gasteiger partial charge is 0.390 e. The topological polar surface area (TPSA) is 37.3 Å². The van der Waals surface area contributed by atoms with Gasteiger partial charge < -0.3 is 5.11 Å². The minimum atomic E-state index is -0.510. The third-order valence-corrected chi connectivity index (χ3v) is 9.75. The highest BCUT2D eigenvalue weighted by molar-refractivity contribution is 5.91. The molecule has 0 saturated heterocycles. The SMILES string of the molecule is CC(C)(O)CCCCC1CCC2C3CCC4=CC(=O)CCC4(C)C3CCC12C. The smallest absolute Gasteiger partial charge is 0.155 e. The molecule has 6 unspecified atom stereocenters. The van der Waals surface area contributed by atoms with Crippen molar-refractivity contribution in [3.63, 3.8) is 0 Å². The Balaban J connectivity index is 1.44. The number of allylic oxidation sites excluding steroid dienone is 1. The van der Waals surface area contributed by atoms with Crippen molar-refractivity contribution in [1.82, 2.24) is 0 Å². The van der Waals surface area contributed by atoms with Crippen LogP contribution in [0.1, 0.15) is 105 Å². The van der Waals surface area contributed by atoms with Crippen LogP contribution in [0, 0.1) is 34.5 Å². The minimum Gasteiger partial charge on any atom is -0.390 e. The molecule has 158 valence electrons. The minimum absolute atomic E-state index is 0.308. The zero-order chi connectivity index (χ0) is 20.2. The van der Waals surface area contributed by atoms with Crippen molar-refractivity contribution >= 4 is 5.78 Å². The van der Waals surface area contributed by atoms with E-state index in [2.05, 4.69) is 13.8 Å². The van der Waals surface area contributed by atoms with Crippen molar-refractivity contribution in [1.29, 1.82) is 0 Å². The lowest BCUT2D eigenvalue weighted by Crippen LogP contribution is -2.50. The van der Waals surface area contributed by atoms with E-state index in [1.807, 2.05) is 19.9 Å². The highest BCUT2D eigenvalue weighted by Crippen LogP contribution is 2.67. The van der Waals surface area contributed by atoms with Gasteiger partial charge in [0.2, 0.25) is 0 Å². The van der Waals surface area contributed by atoms with Crippen molar-refractivity contribution in [2.45, 2.75) is 110 Å². The van der Waals surface area contributed by atoms with Crippen LogP contribution < -0.4 is 0 Å². The van der Waals surface area contributed by atoms with Gasteiger partial charge in [-0.1, -0.05) is 32.3 Å². The first-order valence-electron chi connectivity index (χ1n) is 12.1. The second-order valence-corrected chi connectivity index (χ2v) is 11.8. The molecule has 3 saturated carbocycles. The number of carbonyl (C=O) groups is 1. The zero-order valence-corrected chi connectivity index (χ0v) is 18.7. The van der Waals surface area contributed by atoms with Gasteiger partial charge >= 0.3 is 0 Å². The molecule has 0 heterocycles. The van der Waals surface area contributed by atoms with Gasteiger partial charge in [-0.25, -0.2) is 0 Å². The summed E-state index contributed by atoms with van der Waals surface area (Å²) < 4.78 is 0. The first-order chi connectivity index (χ1) is 13.1. The quantitative estimate of drug-likeness (QED) is 0.550. The maximum absolute atomic E-state index is 12.0. The Morgan fingerprint density at radius 3 is 2.57 bits per heavy atom. The summed E-state index contributed by atoms with van der Waals surface area (Å²) in [4.78, 5) is 12.0. The first-order valence-corrected chi connectivity index (χ1v) is 12.1. The summed E-state index contributed by atoms with van der Waals surface area (Å²) in [5.41, 5.74) is 1.83. The predicted octanol–water partition coefficient (Wildman–Crippen LogP) is 6.47. The van der Waals surface area contributed by atoms with E-state index in [0.29, 0.717) is 16.6 Å². The molecule has 2 heteroatoms. The van der Waals surface area contributed by atoms with Gasteiger partial charge in [0.15, 0.2) is 5.78 Å². The summed E-state index contributed by atoms with van der Waals surface area (Å²) in [6.07, 6.45) is 16.7. The molecular formula is C26H42O2. The van der Waals surface area contributed by atoms with Crippen molar-refractivity contribution in [2.24, 2.45) is 34.5 Å². The molecule has 28 heavy (non-hydrogen) atoms. The van der Waals surface area contributed by atoms with Crippen molar-refractivity contribution in [2.75, 3.05) is 0 Å². The van der Waals surface area contributed by atoms with Gasteiger partial charge in [-0.05, 0) is 112 Å². The fourth-order valence-electron chi connectivity index (χ4n) is 8.09. The Morgan fingerprint density at radius 2 is 1.82 bits per heavy atom. The van der Waals surface area contributed by atoms with Gasteiger partial charge in [-0.15, -0.1) is 0 Å². The Bertz CT molecular complexity index is 641. The van der Waals surface area contributed by atoms with Crippen LogP contribution in [0.4, 0.5) is 0 Å². The molecule has 0 spiro atoms. The summed E-state index contributed by atoms with van der Waals surface area (Å²) >= 11 is 0. The van der Waals surface area contributed by atoms with Crippen molar-refractivity contribution in [3.8, 4) is 0 Å². The number of carbonyl (C=O) groups excluding carboxylic acids is 1. The van der Waals surface area contributed by atoms with Gasteiger partial charge in [0.1, 0.15) is 0 Å². The molecule has 0 bridgehead atoms. The van der Waals surface area contributed by atoms with Gasteiger partial charge in [0.05, 0.1) is 5.60 Å². The van der Waals surface area contributed by atoms with Crippen LogP contribution in [-0.4, -0.2) is 16.5 Å². The highest BCUT2D eigenvalue weighted by Gasteiger charge is 2.58. The normalized spacial score (nSPS) is 43.2. The van der Waals surface area contributed by atoms with E-state index >= 15 is 0 Å². The van der Waals surface area contributed by atoms with Crippen LogP contribution in [0.5, 0.6) is 0 Å².